The highest BCUT2D eigenvalue weighted by atomic mass is 16.5. The van der Waals surface area contributed by atoms with E-state index in [0.29, 0.717) is 50.6 Å². The third kappa shape index (κ3) is 4.62. The van der Waals surface area contributed by atoms with Crippen molar-refractivity contribution in [1.29, 1.82) is 0 Å². The first-order chi connectivity index (χ1) is 16.5. The maximum atomic E-state index is 13.7. The number of benzene rings is 1. The van der Waals surface area contributed by atoms with E-state index in [1.54, 1.807) is 26.5 Å². The molecule has 3 amide bonds. The number of carbonyl (C=O) groups excluding carboxylic acids is 2. The zero-order chi connectivity index (χ0) is 24.2. The number of carbonyl (C=O) groups is 2. The van der Waals surface area contributed by atoms with Crippen molar-refractivity contribution >= 4 is 11.9 Å². The van der Waals surface area contributed by atoms with E-state index in [9.17, 15) is 9.59 Å². The number of aromatic nitrogens is 1. The highest BCUT2D eigenvalue weighted by Crippen LogP contribution is 2.39. The molecule has 2 aromatic rings. The van der Waals surface area contributed by atoms with Crippen molar-refractivity contribution in [2.24, 2.45) is 0 Å². The number of hydrogen-bond donors (Lipinski definition) is 1. The van der Waals surface area contributed by atoms with Gasteiger partial charge in [0.2, 0.25) is 0 Å². The smallest absolute Gasteiger partial charge is 0.324 e. The van der Waals surface area contributed by atoms with Crippen molar-refractivity contribution in [3.05, 3.63) is 59.1 Å². The number of fused-ring (bicyclic) bond motifs is 2. The number of allylic oxidation sites excluding steroid dienone is 1. The lowest BCUT2D eigenvalue weighted by Gasteiger charge is -2.34. The summed E-state index contributed by atoms with van der Waals surface area (Å²) in [6.07, 6.45) is 5.23. The highest BCUT2D eigenvalue weighted by Gasteiger charge is 2.31. The normalized spacial score (nSPS) is 19.1. The van der Waals surface area contributed by atoms with E-state index < -0.39 is 0 Å². The van der Waals surface area contributed by atoms with E-state index in [2.05, 4.69) is 18.0 Å². The van der Waals surface area contributed by atoms with Gasteiger partial charge >= 0.3 is 6.03 Å². The molecule has 0 aliphatic carbocycles. The Morgan fingerprint density at radius 3 is 2.68 bits per heavy atom. The van der Waals surface area contributed by atoms with Gasteiger partial charge in [-0.1, -0.05) is 13.0 Å². The van der Waals surface area contributed by atoms with E-state index in [4.69, 9.17) is 9.47 Å². The van der Waals surface area contributed by atoms with Crippen LogP contribution in [0.4, 0.5) is 4.79 Å². The molecule has 0 spiro atoms. The number of ether oxygens (including phenoxy) is 2. The molecule has 2 aliphatic rings. The molecule has 1 aromatic carbocycles. The second-order valence-corrected chi connectivity index (χ2v) is 8.78. The van der Waals surface area contributed by atoms with E-state index in [1.165, 1.54) is 0 Å². The van der Waals surface area contributed by atoms with Crippen LogP contribution in [0.1, 0.15) is 54.2 Å². The lowest BCUT2D eigenvalue weighted by atomic mass is 9.94. The fourth-order valence-corrected chi connectivity index (χ4v) is 4.94. The molecule has 8 nitrogen and oxygen atoms in total. The topological polar surface area (TPSA) is 78.1 Å². The van der Waals surface area contributed by atoms with Crippen LogP contribution in [0.25, 0.3) is 0 Å². The molecule has 0 radical (unpaired) electrons. The Balaban J connectivity index is 1.72. The van der Waals surface area contributed by atoms with Gasteiger partial charge in [0.1, 0.15) is 17.2 Å². The van der Waals surface area contributed by atoms with Crippen molar-refractivity contribution in [2.45, 2.75) is 39.2 Å². The molecule has 1 unspecified atom stereocenters. The summed E-state index contributed by atoms with van der Waals surface area (Å²) in [7, 11) is 3.29. The van der Waals surface area contributed by atoms with Gasteiger partial charge in [-0.3, -0.25) is 9.69 Å². The summed E-state index contributed by atoms with van der Waals surface area (Å²) in [5, 5.41) is 0. The third-order valence-electron chi connectivity index (χ3n) is 6.72. The Bertz CT molecular complexity index is 1060. The lowest BCUT2D eigenvalue weighted by Crippen LogP contribution is -2.45. The van der Waals surface area contributed by atoms with Crippen LogP contribution in [0, 0.1) is 0 Å². The predicted octanol–water partition coefficient (Wildman–Crippen LogP) is 4.21. The van der Waals surface area contributed by atoms with Crippen molar-refractivity contribution in [3.8, 4) is 11.5 Å². The van der Waals surface area contributed by atoms with Crippen molar-refractivity contribution in [3.63, 3.8) is 0 Å². The maximum Gasteiger partial charge on any atom is 0.324 e. The molecular weight excluding hydrogens is 432 g/mol. The minimum absolute atomic E-state index is 0.000249. The van der Waals surface area contributed by atoms with Crippen molar-refractivity contribution in [2.75, 3.05) is 40.4 Å². The van der Waals surface area contributed by atoms with E-state index in [1.807, 2.05) is 39.8 Å². The van der Waals surface area contributed by atoms with Gasteiger partial charge in [-0.05, 0) is 37.1 Å². The monoisotopic (exact) mass is 466 g/mol. The summed E-state index contributed by atoms with van der Waals surface area (Å²) in [5.41, 5.74) is 3.59. The van der Waals surface area contributed by atoms with E-state index >= 15 is 0 Å². The first-order valence-corrected chi connectivity index (χ1v) is 11.9. The van der Waals surface area contributed by atoms with Gasteiger partial charge in [-0.15, -0.1) is 0 Å². The number of hydrogen-bond acceptors (Lipinski definition) is 4. The molecule has 1 saturated heterocycles. The van der Waals surface area contributed by atoms with Crippen molar-refractivity contribution in [1.82, 2.24) is 19.7 Å². The van der Waals surface area contributed by atoms with Crippen LogP contribution in [-0.4, -0.2) is 72.0 Å². The third-order valence-corrected chi connectivity index (χ3v) is 6.72. The molecule has 8 heteroatoms. The van der Waals surface area contributed by atoms with Crippen LogP contribution in [-0.2, 0) is 6.54 Å². The van der Waals surface area contributed by atoms with Crippen molar-refractivity contribution < 1.29 is 19.1 Å². The van der Waals surface area contributed by atoms with E-state index in [0.717, 1.165) is 29.0 Å². The van der Waals surface area contributed by atoms with Crippen LogP contribution in [0.15, 0.2) is 42.2 Å². The van der Waals surface area contributed by atoms with Gasteiger partial charge < -0.3 is 24.3 Å². The molecule has 1 atom stereocenters. The average Bonchev–Trinajstić information content (AvgIpc) is 3.34. The molecule has 34 heavy (non-hydrogen) atoms. The first-order valence-electron chi connectivity index (χ1n) is 11.9. The summed E-state index contributed by atoms with van der Waals surface area (Å²) < 4.78 is 11.2. The fraction of sp³-hybridized carbons (Fsp3) is 0.462. The predicted molar refractivity (Wildman–Crippen MR) is 130 cm³/mol. The zero-order valence-electron chi connectivity index (χ0n) is 20.5. The number of amides is 3. The first kappa shape index (κ1) is 23.7. The van der Waals surface area contributed by atoms with Gasteiger partial charge in [0.05, 0.1) is 20.8 Å². The molecule has 0 saturated carbocycles. The zero-order valence-corrected chi connectivity index (χ0v) is 20.5. The Morgan fingerprint density at radius 2 is 2.00 bits per heavy atom. The van der Waals surface area contributed by atoms with Gasteiger partial charge in [-0.2, -0.15) is 0 Å². The summed E-state index contributed by atoms with van der Waals surface area (Å²) in [6, 6.07) is 7.53. The second kappa shape index (κ2) is 10.2. The maximum absolute atomic E-state index is 13.7. The molecular formula is C26H34N4O4. The molecule has 1 aromatic heterocycles. The number of urea groups is 1. The van der Waals surface area contributed by atoms with Gasteiger partial charge in [0, 0.05) is 62.0 Å². The second-order valence-electron chi connectivity index (χ2n) is 8.78. The minimum atomic E-state index is -0.0107. The lowest BCUT2D eigenvalue weighted by molar-refractivity contribution is 0.0736. The molecule has 1 fully saturated rings. The molecule has 2 aliphatic heterocycles. The summed E-state index contributed by atoms with van der Waals surface area (Å²) >= 11 is 0. The van der Waals surface area contributed by atoms with Crippen LogP contribution in [0.5, 0.6) is 11.5 Å². The van der Waals surface area contributed by atoms with Crippen LogP contribution in [0.2, 0.25) is 0 Å². The van der Waals surface area contributed by atoms with Gasteiger partial charge in [-0.25, -0.2) is 4.79 Å². The van der Waals surface area contributed by atoms with Gasteiger partial charge in [0.15, 0.2) is 0 Å². The molecule has 0 bridgehead atoms. The fourth-order valence-electron chi connectivity index (χ4n) is 4.94. The standard InChI is InChI=1S/C26H34N4O4/c1-5-28-11-7-12-29(25(31)22-8-6-10-27-22)13-9-20-14-18(2)24-19(17-30(20)26(28)32)15-21(33-3)16-23(24)34-4/h6,8,10,14-16,18,27H,5,7,9,11-13,17H2,1-4H3. The van der Waals surface area contributed by atoms with Crippen LogP contribution < -0.4 is 9.47 Å². The van der Waals surface area contributed by atoms with Crippen LogP contribution in [0.3, 0.4) is 0 Å². The summed E-state index contributed by atoms with van der Waals surface area (Å²) in [4.78, 5) is 35.4. The Morgan fingerprint density at radius 1 is 1.18 bits per heavy atom. The number of methoxy groups -OCH3 is 2. The average molecular weight is 467 g/mol. The van der Waals surface area contributed by atoms with Crippen LogP contribution >= 0.6 is 0 Å². The number of aromatic amines is 1. The molecule has 1 N–H and O–H groups in total. The highest BCUT2D eigenvalue weighted by molar-refractivity contribution is 5.92. The number of H-pyrrole nitrogens is 1. The molecule has 182 valence electrons. The Kier molecular flexibility index (Phi) is 7.14. The molecule has 3 heterocycles. The summed E-state index contributed by atoms with van der Waals surface area (Å²) in [5.74, 6) is 1.49. The molecule has 4 rings (SSSR count). The Labute approximate surface area is 201 Å². The SMILES string of the molecule is CCN1CCCN(C(=O)c2ccc[nH]2)CCC2=CC(C)c3c(cc(OC)cc3OC)CN2C1=O. The number of nitrogens with one attached hydrogen (secondary N) is 1. The number of nitrogens with zero attached hydrogens (tertiary/aromatic N) is 3. The van der Waals surface area contributed by atoms with E-state index in [-0.39, 0.29) is 17.9 Å². The number of rotatable bonds is 4. The quantitative estimate of drug-likeness (QED) is 0.732. The van der Waals surface area contributed by atoms with Gasteiger partial charge in [0.25, 0.3) is 5.91 Å². The Hall–Kier alpha value is -3.42. The minimum Gasteiger partial charge on any atom is -0.497 e. The largest absolute Gasteiger partial charge is 0.497 e. The summed E-state index contributed by atoms with van der Waals surface area (Å²) in [6.45, 7) is 6.90.